The summed E-state index contributed by atoms with van der Waals surface area (Å²) in [6, 6.07) is 0. The van der Waals surface area contributed by atoms with Gasteiger partial charge in [-0.3, -0.25) is 0 Å². The van der Waals surface area contributed by atoms with Gasteiger partial charge in [0.15, 0.2) is 0 Å². The van der Waals surface area contributed by atoms with Crippen molar-refractivity contribution in [1.82, 2.24) is 0 Å². The van der Waals surface area contributed by atoms with Crippen molar-refractivity contribution in [1.29, 1.82) is 0 Å². The third-order valence-corrected chi connectivity index (χ3v) is 5.69. The van der Waals surface area contributed by atoms with Crippen molar-refractivity contribution < 1.29 is 4.74 Å². The van der Waals surface area contributed by atoms with Gasteiger partial charge in [-0.2, -0.15) is 11.8 Å². The number of thioether (sulfide) groups is 1. The van der Waals surface area contributed by atoms with E-state index in [1.54, 1.807) is 0 Å². The molecule has 1 heterocycles. The summed E-state index contributed by atoms with van der Waals surface area (Å²) in [4.78, 5) is 0. The molecule has 17 heavy (non-hydrogen) atoms. The first kappa shape index (κ1) is 13.7. The molecule has 1 spiro atoms. The Morgan fingerprint density at radius 2 is 2.00 bits per heavy atom. The van der Waals surface area contributed by atoms with E-state index in [1.807, 2.05) is 0 Å². The van der Waals surface area contributed by atoms with Crippen LogP contribution in [0.15, 0.2) is 0 Å². The molecular weight excluding hydrogens is 230 g/mol. The van der Waals surface area contributed by atoms with Gasteiger partial charge in [-0.05, 0) is 39.5 Å². The van der Waals surface area contributed by atoms with Crippen LogP contribution in [0.5, 0.6) is 0 Å². The molecule has 1 aliphatic heterocycles. The zero-order valence-corrected chi connectivity index (χ0v) is 12.2. The van der Waals surface area contributed by atoms with Crippen molar-refractivity contribution in [3.63, 3.8) is 0 Å². The largest absolute Gasteiger partial charge is 0.375 e. The monoisotopic (exact) mass is 257 g/mol. The van der Waals surface area contributed by atoms with Gasteiger partial charge < -0.3 is 10.5 Å². The van der Waals surface area contributed by atoms with Crippen LogP contribution in [0.1, 0.15) is 58.8 Å². The number of hydrogen-bond acceptors (Lipinski definition) is 3. The van der Waals surface area contributed by atoms with E-state index in [0.717, 1.165) is 17.6 Å². The highest BCUT2D eigenvalue weighted by Crippen LogP contribution is 2.41. The molecule has 1 saturated heterocycles. The van der Waals surface area contributed by atoms with Crippen LogP contribution in [0.2, 0.25) is 0 Å². The van der Waals surface area contributed by atoms with Crippen molar-refractivity contribution in [3.8, 4) is 0 Å². The Hall–Kier alpha value is 0.270. The summed E-state index contributed by atoms with van der Waals surface area (Å²) in [5, 5.41) is 0.768. The van der Waals surface area contributed by atoms with Gasteiger partial charge in [0, 0.05) is 23.1 Å². The van der Waals surface area contributed by atoms with Crippen molar-refractivity contribution in [2.45, 2.75) is 75.2 Å². The standard InChI is InChI=1S/C14H27NOS/c1-13(2,15)11-17-12-6-9-16-14(10-12)7-4-3-5-8-14/h12H,3-11,15H2,1-2H3. The molecule has 2 rings (SSSR count). The molecule has 0 aromatic rings. The molecule has 1 saturated carbocycles. The molecule has 0 radical (unpaired) electrons. The maximum atomic E-state index is 6.12. The fraction of sp³-hybridized carbons (Fsp3) is 1.00. The van der Waals surface area contributed by atoms with Crippen LogP contribution in [0.4, 0.5) is 0 Å². The highest BCUT2D eigenvalue weighted by molar-refractivity contribution is 8.00. The molecule has 1 atom stereocenters. The average molecular weight is 257 g/mol. The summed E-state index contributed by atoms with van der Waals surface area (Å²) in [7, 11) is 0. The van der Waals surface area contributed by atoms with Crippen LogP contribution in [0.3, 0.4) is 0 Å². The van der Waals surface area contributed by atoms with Gasteiger partial charge in [0.05, 0.1) is 5.60 Å². The van der Waals surface area contributed by atoms with E-state index < -0.39 is 0 Å². The van der Waals surface area contributed by atoms with Crippen molar-refractivity contribution >= 4 is 11.8 Å². The Kier molecular flexibility index (Phi) is 4.43. The van der Waals surface area contributed by atoms with Gasteiger partial charge in [0.25, 0.3) is 0 Å². The zero-order valence-electron chi connectivity index (χ0n) is 11.3. The number of hydrogen-bond donors (Lipinski definition) is 1. The van der Waals surface area contributed by atoms with Crippen LogP contribution in [0.25, 0.3) is 0 Å². The van der Waals surface area contributed by atoms with Crippen molar-refractivity contribution in [3.05, 3.63) is 0 Å². The van der Waals surface area contributed by atoms with E-state index in [9.17, 15) is 0 Å². The smallest absolute Gasteiger partial charge is 0.0693 e. The molecule has 0 aromatic carbocycles. The van der Waals surface area contributed by atoms with Crippen molar-refractivity contribution in [2.75, 3.05) is 12.4 Å². The quantitative estimate of drug-likeness (QED) is 0.842. The predicted octanol–water partition coefficient (Wildman–Crippen LogP) is 3.34. The predicted molar refractivity (Wildman–Crippen MR) is 75.5 cm³/mol. The van der Waals surface area contributed by atoms with E-state index >= 15 is 0 Å². The minimum atomic E-state index is -0.0390. The number of rotatable bonds is 3. The Morgan fingerprint density at radius 1 is 1.29 bits per heavy atom. The minimum absolute atomic E-state index is 0.0390. The summed E-state index contributed by atoms with van der Waals surface area (Å²) in [5.41, 5.74) is 6.27. The first-order valence-corrected chi connectivity index (χ1v) is 8.09. The Morgan fingerprint density at radius 3 is 2.65 bits per heavy atom. The third kappa shape index (κ3) is 4.15. The van der Waals surface area contributed by atoms with Crippen molar-refractivity contribution in [2.24, 2.45) is 5.73 Å². The fourth-order valence-corrected chi connectivity index (χ4v) is 4.35. The van der Waals surface area contributed by atoms with Gasteiger partial charge in [0.1, 0.15) is 0 Å². The van der Waals surface area contributed by atoms with Crippen LogP contribution in [0, 0.1) is 0 Å². The summed E-state index contributed by atoms with van der Waals surface area (Å²) >= 11 is 2.07. The highest BCUT2D eigenvalue weighted by atomic mass is 32.2. The van der Waals surface area contributed by atoms with Gasteiger partial charge in [-0.1, -0.05) is 19.3 Å². The second-order valence-corrected chi connectivity index (χ2v) is 7.80. The minimum Gasteiger partial charge on any atom is -0.375 e. The van der Waals surface area contributed by atoms with Gasteiger partial charge >= 0.3 is 0 Å². The molecule has 2 aliphatic rings. The van der Waals surface area contributed by atoms with E-state index in [1.165, 1.54) is 44.9 Å². The molecular formula is C14H27NOS. The third-order valence-electron chi connectivity index (χ3n) is 3.90. The maximum Gasteiger partial charge on any atom is 0.0693 e. The zero-order chi connectivity index (χ0) is 12.4. The first-order valence-electron chi connectivity index (χ1n) is 7.04. The number of ether oxygens (including phenoxy) is 1. The Balaban J connectivity index is 1.84. The first-order chi connectivity index (χ1) is 7.99. The molecule has 2 fully saturated rings. The van der Waals surface area contributed by atoms with E-state index in [-0.39, 0.29) is 11.1 Å². The summed E-state index contributed by atoms with van der Waals surface area (Å²) in [6.07, 6.45) is 9.17. The maximum absolute atomic E-state index is 6.12. The molecule has 0 amide bonds. The molecule has 2 nitrogen and oxygen atoms in total. The highest BCUT2D eigenvalue weighted by Gasteiger charge is 2.38. The van der Waals surface area contributed by atoms with Gasteiger partial charge in [-0.25, -0.2) is 0 Å². The van der Waals surface area contributed by atoms with E-state index in [0.29, 0.717) is 0 Å². The fourth-order valence-electron chi connectivity index (χ4n) is 3.00. The van der Waals surface area contributed by atoms with E-state index in [2.05, 4.69) is 25.6 Å². The lowest BCUT2D eigenvalue weighted by molar-refractivity contribution is -0.0971. The van der Waals surface area contributed by atoms with Crippen LogP contribution in [-0.4, -0.2) is 28.7 Å². The SMILES string of the molecule is CC(C)(N)CSC1CCOC2(CCCCC2)C1. The normalized spacial score (nSPS) is 29.5. The molecule has 3 heteroatoms. The summed E-state index contributed by atoms with van der Waals surface area (Å²) in [5.74, 6) is 1.06. The summed E-state index contributed by atoms with van der Waals surface area (Å²) in [6.45, 7) is 5.20. The Bertz CT molecular complexity index is 238. The second-order valence-electron chi connectivity index (χ2n) is 6.51. The van der Waals surface area contributed by atoms with Gasteiger partial charge in [0.2, 0.25) is 0 Å². The average Bonchev–Trinajstić information content (AvgIpc) is 2.27. The molecule has 1 aliphatic carbocycles. The van der Waals surface area contributed by atoms with E-state index in [4.69, 9.17) is 10.5 Å². The lowest BCUT2D eigenvalue weighted by Gasteiger charge is -2.43. The van der Waals surface area contributed by atoms with Gasteiger partial charge in [-0.15, -0.1) is 0 Å². The molecule has 0 aromatic heterocycles. The summed E-state index contributed by atoms with van der Waals surface area (Å²) < 4.78 is 6.12. The molecule has 2 N–H and O–H groups in total. The van der Waals surface area contributed by atoms with Crippen LogP contribution < -0.4 is 5.73 Å². The lowest BCUT2D eigenvalue weighted by Crippen LogP contribution is -2.43. The number of nitrogens with two attached hydrogens (primary N) is 1. The van der Waals surface area contributed by atoms with Crippen LogP contribution in [-0.2, 0) is 4.74 Å². The van der Waals surface area contributed by atoms with Crippen LogP contribution >= 0.6 is 11.8 Å². The second kappa shape index (κ2) is 5.50. The lowest BCUT2D eigenvalue weighted by atomic mass is 9.80. The molecule has 0 bridgehead atoms. The topological polar surface area (TPSA) is 35.2 Å². The Labute approximate surface area is 110 Å². The molecule has 100 valence electrons. The molecule has 1 unspecified atom stereocenters.